The number of aromatic nitrogens is 3. The smallest absolute Gasteiger partial charge is 0.179 e. The lowest BCUT2D eigenvalue weighted by molar-refractivity contribution is 0.709. The van der Waals surface area contributed by atoms with Crippen LogP contribution in [-0.4, -0.2) is 15.0 Å². The van der Waals surface area contributed by atoms with Gasteiger partial charge in [0.1, 0.15) is 5.69 Å². The Labute approximate surface area is 140 Å². The second-order valence-corrected chi connectivity index (χ2v) is 6.97. The fourth-order valence-electron chi connectivity index (χ4n) is 3.17. The minimum absolute atomic E-state index is 0.762. The number of thiophene rings is 1. The van der Waals surface area contributed by atoms with Crippen LogP contribution in [0.5, 0.6) is 0 Å². The summed E-state index contributed by atoms with van der Waals surface area (Å²) in [4.78, 5) is 15.7. The Hall–Kier alpha value is -2.07. The lowest BCUT2D eigenvalue weighted by Crippen LogP contribution is -2.05. The molecular weight excluding hydrogens is 302 g/mol. The quantitative estimate of drug-likeness (QED) is 0.634. The second kappa shape index (κ2) is 6.20. The van der Waals surface area contributed by atoms with Crippen molar-refractivity contribution in [3.05, 3.63) is 52.7 Å². The van der Waals surface area contributed by atoms with E-state index < -0.39 is 0 Å². The van der Waals surface area contributed by atoms with E-state index in [1.807, 2.05) is 25.1 Å². The van der Waals surface area contributed by atoms with Crippen LogP contribution in [0.15, 0.2) is 35.7 Å². The first-order valence-electron chi connectivity index (χ1n) is 8.19. The van der Waals surface area contributed by atoms with Crippen molar-refractivity contribution in [1.29, 1.82) is 0 Å². The highest BCUT2D eigenvalue weighted by atomic mass is 32.1. The molecule has 0 bridgehead atoms. The Morgan fingerprint density at radius 3 is 2.65 bits per heavy atom. The number of aryl methyl sites for hydroxylation is 2. The van der Waals surface area contributed by atoms with Crippen molar-refractivity contribution in [2.24, 2.45) is 0 Å². The van der Waals surface area contributed by atoms with Crippen LogP contribution in [-0.2, 0) is 12.8 Å². The normalized spacial score (nSPS) is 14.3. The Balaban J connectivity index is 1.91. The standard InChI is InChI=1S/C19H19N3S/c1-13-7-5-10-16(20-13)19-21-15-9-4-2-3-8-14(15)18(22-19)17-11-6-12-23-17/h5-7,10-12H,2-4,8-9H2,1H3. The third-order valence-corrected chi connectivity index (χ3v) is 5.18. The summed E-state index contributed by atoms with van der Waals surface area (Å²) in [6.07, 6.45) is 5.86. The van der Waals surface area contributed by atoms with E-state index in [9.17, 15) is 0 Å². The van der Waals surface area contributed by atoms with E-state index in [-0.39, 0.29) is 0 Å². The van der Waals surface area contributed by atoms with Crippen LogP contribution in [0.4, 0.5) is 0 Å². The van der Waals surface area contributed by atoms with Crippen molar-refractivity contribution in [3.63, 3.8) is 0 Å². The fraction of sp³-hybridized carbons (Fsp3) is 0.316. The Kier molecular flexibility index (Phi) is 3.92. The molecule has 1 aliphatic rings. The summed E-state index contributed by atoms with van der Waals surface area (Å²) in [5, 5.41) is 2.12. The van der Waals surface area contributed by atoms with Crippen LogP contribution in [0.3, 0.4) is 0 Å². The van der Waals surface area contributed by atoms with Crippen molar-refractivity contribution in [2.75, 3.05) is 0 Å². The maximum Gasteiger partial charge on any atom is 0.179 e. The molecule has 0 fully saturated rings. The van der Waals surface area contributed by atoms with Crippen LogP contribution in [0, 0.1) is 6.92 Å². The van der Waals surface area contributed by atoms with Crippen molar-refractivity contribution in [3.8, 4) is 22.1 Å². The Morgan fingerprint density at radius 2 is 1.83 bits per heavy atom. The Bertz CT molecular complexity index is 825. The Morgan fingerprint density at radius 1 is 0.913 bits per heavy atom. The molecular formula is C19H19N3S. The summed E-state index contributed by atoms with van der Waals surface area (Å²) in [7, 11) is 0. The predicted octanol–water partition coefficient (Wildman–Crippen LogP) is 4.84. The van der Waals surface area contributed by atoms with Gasteiger partial charge in [0, 0.05) is 17.0 Å². The highest BCUT2D eigenvalue weighted by Gasteiger charge is 2.19. The molecule has 0 spiro atoms. The SMILES string of the molecule is Cc1cccc(-c2nc3c(c(-c4cccs4)n2)CCCCC3)n1. The van der Waals surface area contributed by atoms with E-state index in [0.29, 0.717) is 0 Å². The third-order valence-electron chi connectivity index (χ3n) is 4.31. The molecule has 1 aliphatic carbocycles. The first kappa shape index (κ1) is 14.5. The fourth-order valence-corrected chi connectivity index (χ4v) is 3.91. The molecule has 3 aromatic rings. The summed E-state index contributed by atoms with van der Waals surface area (Å²) >= 11 is 1.75. The zero-order chi connectivity index (χ0) is 15.6. The molecule has 0 unspecified atom stereocenters. The van der Waals surface area contributed by atoms with Gasteiger partial charge >= 0.3 is 0 Å². The van der Waals surface area contributed by atoms with Crippen LogP contribution in [0.1, 0.15) is 36.2 Å². The average molecular weight is 321 g/mol. The van der Waals surface area contributed by atoms with E-state index in [0.717, 1.165) is 35.7 Å². The first-order valence-corrected chi connectivity index (χ1v) is 9.07. The van der Waals surface area contributed by atoms with Gasteiger partial charge in [-0.15, -0.1) is 11.3 Å². The van der Waals surface area contributed by atoms with Gasteiger partial charge in [0.15, 0.2) is 5.82 Å². The van der Waals surface area contributed by atoms with Crippen molar-refractivity contribution in [1.82, 2.24) is 15.0 Å². The largest absolute Gasteiger partial charge is 0.250 e. The molecule has 116 valence electrons. The molecule has 0 N–H and O–H groups in total. The minimum atomic E-state index is 0.762. The molecule has 0 aromatic carbocycles. The van der Waals surface area contributed by atoms with Gasteiger partial charge in [0.05, 0.1) is 10.6 Å². The number of hydrogen-bond acceptors (Lipinski definition) is 4. The number of fused-ring (bicyclic) bond motifs is 1. The van der Waals surface area contributed by atoms with E-state index in [1.54, 1.807) is 11.3 Å². The van der Waals surface area contributed by atoms with Gasteiger partial charge in [0.2, 0.25) is 0 Å². The van der Waals surface area contributed by atoms with E-state index in [1.165, 1.54) is 35.4 Å². The monoisotopic (exact) mass is 321 g/mol. The summed E-state index contributed by atoms with van der Waals surface area (Å²) in [6, 6.07) is 10.3. The average Bonchev–Trinajstić information content (AvgIpc) is 2.99. The topological polar surface area (TPSA) is 38.7 Å². The van der Waals surface area contributed by atoms with E-state index in [4.69, 9.17) is 9.97 Å². The van der Waals surface area contributed by atoms with Crippen molar-refractivity contribution >= 4 is 11.3 Å². The van der Waals surface area contributed by atoms with E-state index >= 15 is 0 Å². The number of hydrogen-bond donors (Lipinski definition) is 0. The van der Waals surface area contributed by atoms with Gasteiger partial charge in [-0.1, -0.05) is 18.6 Å². The third kappa shape index (κ3) is 2.91. The zero-order valence-corrected chi connectivity index (χ0v) is 14.1. The molecule has 0 atom stereocenters. The number of rotatable bonds is 2. The summed E-state index contributed by atoms with van der Waals surface area (Å²) in [5.41, 5.74) is 5.55. The summed E-state index contributed by atoms with van der Waals surface area (Å²) < 4.78 is 0. The molecule has 0 saturated heterocycles. The molecule has 3 heterocycles. The maximum atomic E-state index is 4.92. The van der Waals surface area contributed by atoms with E-state index in [2.05, 4.69) is 22.5 Å². The summed E-state index contributed by atoms with van der Waals surface area (Å²) in [6.45, 7) is 2.01. The molecule has 0 amide bonds. The molecule has 0 aliphatic heterocycles. The molecule has 3 nitrogen and oxygen atoms in total. The van der Waals surface area contributed by atoms with Crippen LogP contribution in [0.2, 0.25) is 0 Å². The van der Waals surface area contributed by atoms with Gasteiger partial charge in [0.25, 0.3) is 0 Å². The van der Waals surface area contributed by atoms with Crippen molar-refractivity contribution in [2.45, 2.75) is 39.0 Å². The van der Waals surface area contributed by atoms with Gasteiger partial charge in [-0.25, -0.2) is 15.0 Å². The molecule has 4 rings (SSSR count). The maximum absolute atomic E-state index is 4.92. The zero-order valence-electron chi connectivity index (χ0n) is 13.2. The van der Waals surface area contributed by atoms with Crippen LogP contribution < -0.4 is 0 Å². The van der Waals surface area contributed by atoms with Gasteiger partial charge in [-0.2, -0.15) is 0 Å². The predicted molar refractivity (Wildman–Crippen MR) is 94.6 cm³/mol. The van der Waals surface area contributed by atoms with Gasteiger partial charge in [-0.3, -0.25) is 0 Å². The molecule has 23 heavy (non-hydrogen) atoms. The molecule has 0 saturated carbocycles. The van der Waals surface area contributed by atoms with Gasteiger partial charge in [-0.05, 0) is 56.2 Å². The highest BCUT2D eigenvalue weighted by molar-refractivity contribution is 7.13. The summed E-state index contributed by atoms with van der Waals surface area (Å²) in [5.74, 6) is 0.762. The van der Waals surface area contributed by atoms with Crippen molar-refractivity contribution < 1.29 is 0 Å². The van der Waals surface area contributed by atoms with Crippen LogP contribution >= 0.6 is 11.3 Å². The number of pyridine rings is 1. The lowest BCUT2D eigenvalue weighted by atomic mass is 10.0. The first-order chi connectivity index (χ1) is 11.3. The molecule has 3 aromatic heterocycles. The van der Waals surface area contributed by atoms with Gasteiger partial charge < -0.3 is 0 Å². The second-order valence-electron chi connectivity index (χ2n) is 6.02. The minimum Gasteiger partial charge on any atom is -0.250 e. The van der Waals surface area contributed by atoms with Crippen LogP contribution in [0.25, 0.3) is 22.1 Å². The molecule has 0 radical (unpaired) electrons. The number of nitrogens with zero attached hydrogens (tertiary/aromatic N) is 3. The lowest BCUT2D eigenvalue weighted by Gasteiger charge is -2.12. The molecule has 4 heteroatoms. The highest BCUT2D eigenvalue weighted by Crippen LogP contribution is 2.33.